The zero-order chi connectivity index (χ0) is 16.5. The Morgan fingerprint density at radius 1 is 1.14 bits per heavy atom. The standard InChI is InChI=1S/C9H9ClO2.C7H4ClNO/c10-8-3-1-2-7(6-8)4-5-9(11)12;8-6-1-5(4-9)2-7(10)3-6/h1-3,6H,4-5H2,(H,11,12);1-3,10H. The molecule has 0 unspecified atom stereocenters. The predicted octanol–water partition coefficient (Wildman–Crippen LogP) is 4.27. The molecule has 114 valence electrons. The van der Waals surface area contributed by atoms with Crippen LogP contribution in [0.5, 0.6) is 5.75 Å². The minimum absolute atomic E-state index is 0.0176. The van der Waals surface area contributed by atoms with Crippen LogP contribution in [0.1, 0.15) is 17.5 Å². The normalized spacial score (nSPS) is 9.32. The van der Waals surface area contributed by atoms with E-state index < -0.39 is 5.97 Å². The summed E-state index contributed by atoms with van der Waals surface area (Å²) in [6.45, 7) is 0. The third-order valence-corrected chi connectivity index (χ3v) is 2.98. The lowest BCUT2D eigenvalue weighted by atomic mass is 10.1. The second-order valence-corrected chi connectivity index (χ2v) is 5.21. The van der Waals surface area contributed by atoms with Gasteiger partial charge in [-0.25, -0.2) is 0 Å². The van der Waals surface area contributed by atoms with Crippen LogP contribution in [0.15, 0.2) is 42.5 Å². The van der Waals surface area contributed by atoms with E-state index in [-0.39, 0.29) is 12.2 Å². The molecule has 2 aromatic rings. The van der Waals surface area contributed by atoms with Crippen molar-refractivity contribution in [3.8, 4) is 11.8 Å². The van der Waals surface area contributed by atoms with Crippen molar-refractivity contribution in [1.29, 1.82) is 5.26 Å². The zero-order valence-corrected chi connectivity index (χ0v) is 13.0. The number of aromatic hydroxyl groups is 1. The molecule has 0 radical (unpaired) electrons. The topological polar surface area (TPSA) is 81.3 Å². The average Bonchev–Trinajstić information content (AvgIpc) is 2.45. The number of carboxylic acid groups (broad SMARTS) is 1. The van der Waals surface area contributed by atoms with Gasteiger partial charge in [0.1, 0.15) is 5.75 Å². The van der Waals surface area contributed by atoms with Crippen molar-refractivity contribution in [2.45, 2.75) is 12.8 Å². The summed E-state index contributed by atoms with van der Waals surface area (Å²) in [6, 6.07) is 13.3. The lowest BCUT2D eigenvalue weighted by Crippen LogP contribution is -1.96. The number of phenolic OH excluding ortho intramolecular Hbond substituents is 1. The highest BCUT2D eigenvalue weighted by Crippen LogP contribution is 2.18. The quantitative estimate of drug-likeness (QED) is 0.875. The van der Waals surface area contributed by atoms with E-state index in [0.717, 1.165) is 5.56 Å². The van der Waals surface area contributed by atoms with Crippen LogP contribution in [0, 0.1) is 11.3 Å². The fourth-order valence-corrected chi connectivity index (χ4v) is 2.02. The third-order valence-electron chi connectivity index (χ3n) is 2.53. The molecule has 22 heavy (non-hydrogen) atoms. The smallest absolute Gasteiger partial charge is 0.303 e. The van der Waals surface area contributed by atoms with Gasteiger partial charge in [0.2, 0.25) is 0 Å². The summed E-state index contributed by atoms with van der Waals surface area (Å²) in [5.41, 5.74) is 1.33. The van der Waals surface area contributed by atoms with E-state index in [1.54, 1.807) is 12.1 Å². The molecule has 0 saturated carbocycles. The van der Waals surface area contributed by atoms with Crippen LogP contribution in [-0.2, 0) is 11.2 Å². The molecule has 0 aliphatic rings. The van der Waals surface area contributed by atoms with E-state index in [2.05, 4.69) is 0 Å². The monoisotopic (exact) mass is 337 g/mol. The van der Waals surface area contributed by atoms with Gasteiger partial charge in [-0.15, -0.1) is 0 Å². The number of carbonyl (C=O) groups is 1. The summed E-state index contributed by atoms with van der Waals surface area (Å²) in [4.78, 5) is 10.2. The Morgan fingerprint density at radius 2 is 1.86 bits per heavy atom. The molecule has 0 atom stereocenters. The van der Waals surface area contributed by atoms with E-state index in [0.29, 0.717) is 22.0 Å². The maximum absolute atomic E-state index is 10.2. The SMILES string of the molecule is N#Cc1cc(O)cc(Cl)c1.O=C(O)CCc1cccc(Cl)c1. The third kappa shape index (κ3) is 6.98. The largest absolute Gasteiger partial charge is 0.508 e. The lowest BCUT2D eigenvalue weighted by molar-refractivity contribution is -0.136. The highest BCUT2D eigenvalue weighted by atomic mass is 35.5. The number of halogens is 2. The summed E-state index contributed by atoms with van der Waals surface area (Å²) in [7, 11) is 0. The van der Waals surface area contributed by atoms with Crippen molar-refractivity contribution >= 4 is 29.2 Å². The molecule has 0 bridgehead atoms. The molecule has 2 aromatic carbocycles. The molecule has 0 saturated heterocycles. The molecule has 0 aliphatic heterocycles. The van der Waals surface area contributed by atoms with Crippen LogP contribution in [0.4, 0.5) is 0 Å². The zero-order valence-electron chi connectivity index (χ0n) is 11.5. The van der Waals surface area contributed by atoms with Gasteiger partial charge in [0.25, 0.3) is 0 Å². The number of hydrogen-bond acceptors (Lipinski definition) is 3. The van der Waals surface area contributed by atoms with Crippen LogP contribution < -0.4 is 0 Å². The van der Waals surface area contributed by atoms with Crippen LogP contribution in [0.25, 0.3) is 0 Å². The first-order valence-corrected chi connectivity index (χ1v) is 7.02. The Hall–Kier alpha value is -2.22. The molecular formula is C16H13Cl2NO3. The number of aryl methyl sites for hydroxylation is 1. The molecule has 0 aliphatic carbocycles. The maximum atomic E-state index is 10.2. The second kappa shape index (κ2) is 8.93. The minimum atomic E-state index is -0.782. The molecule has 2 N–H and O–H groups in total. The molecule has 0 amide bonds. The molecule has 0 heterocycles. The first-order valence-electron chi connectivity index (χ1n) is 6.26. The minimum Gasteiger partial charge on any atom is -0.508 e. The molecule has 6 heteroatoms. The van der Waals surface area contributed by atoms with Crippen LogP contribution in [0.3, 0.4) is 0 Å². The summed E-state index contributed by atoms with van der Waals surface area (Å²) in [6.07, 6.45) is 0.691. The number of benzene rings is 2. The molecule has 4 nitrogen and oxygen atoms in total. The molecule has 0 aromatic heterocycles. The number of carboxylic acids is 1. The van der Waals surface area contributed by atoms with Gasteiger partial charge in [-0.3, -0.25) is 4.79 Å². The lowest BCUT2D eigenvalue weighted by Gasteiger charge is -1.97. The fourth-order valence-electron chi connectivity index (χ4n) is 1.58. The summed E-state index contributed by atoms with van der Waals surface area (Å²) in [5, 5.41) is 26.7. The molecule has 2 rings (SSSR count). The van der Waals surface area contributed by atoms with E-state index in [1.807, 2.05) is 18.2 Å². The molecular weight excluding hydrogens is 325 g/mol. The summed E-state index contributed by atoms with van der Waals surface area (Å²) >= 11 is 11.2. The van der Waals surface area contributed by atoms with Gasteiger partial charge >= 0.3 is 5.97 Å². The highest BCUT2D eigenvalue weighted by molar-refractivity contribution is 6.31. The first-order chi connectivity index (χ1) is 10.4. The summed E-state index contributed by atoms with van der Waals surface area (Å²) < 4.78 is 0. The average molecular weight is 338 g/mol. The van der Waals surface area contributed by atoms with E-state index >= 15 is 0 Å². The Morgan fingerprint density at radius 3 is 2.41 bits per heavy atom. The van der Waals surface area contributed by atoms with Crippen molar-refractivity contribution in [2.24, 2.45) is 0 Å². The summed E-state index contributed by atoms with van der Waals surface area (Å²) in [5.74, 6) is -0.765. The van der Waals surface area contributed by atoms with Gasteiger partial charge in [-0.05, 0) is 42.3 Å². The van der Waals surface area contributed by atoms with Crippen molar-refractivity contribution < 1.29 is 15.0 Å². The van der Waals surface area contributed by atoms with Crippen molar-refractivity contribution in [2.75, 3.05) is 0 Å². The highest BCUT2D eigenvalue weighted by Gasteiger charge is 1.98. The van der Waals surface area contributed by atoms with Gasteiger partial charge in [-0.1, -0.05) is 35.3 Å². The first kappa shape index (κ1) is 17.8. The second-order valence-electron chi connectivity index (χ2n) is 4.33. The molecule has 0 fully saturated rings. The Balaban J connectivity index is 0.000000224. The van der Waals surface area contributed by atoms with Crippen molar-refractivity contribution in [3.63, 3.8) is 0 Å². The Kier molecular flexibility index (Phi) is 7.24. The number of nitrogens with zero attached hydrogens (tertiary/aromatic N) is 1. The molecule has 0 spiro atoms. The van der Waals surface area contributed by atoms with E-state index in [4.69, 9.17) is 38.7 Å². The Labute approximate surface area is 138 Å². The number of phenols is 1. The van der Waals surface area contributed by atoms with Crippen LogP contribution in [0.2, 0.25) is 10.0 Å². The number of hydrogen-bond donors (Lipinski definition) is 2. The van der Waals surface area contributed by atoms with E-state index in [9.17, 15) is 4.79 Å². The number of nitriles is 1. The van der Waals surface area contributed by atoms with Crippen LogP contribution >= 0.6 is 23.2 Å². The number of rotatable bonds is 3. The van der Waals surface area contributed by atoms with E-state index in [1.165, 1.54) is 18.2 Å². The van der Waals surface area contributed by atoms with Gasteiger partial charge in [0, 0.05) is 16.5 Å². The fraction of sp³-hybridized carbons (Fsp3) is 0.125. The van der Waals surface area contributed by atoms with Gasteiger partial charge in [0.15, 0.2) is 0 Å². The maximum Gasteiger partial charge on any atom is 0.303 e. The van der Waals surface area contributed by atoms with Crippen molar-refractivity contribution in [3.05, 3.63) is 63.6 Å². The van der Waals surface area contributed by atoms with Gasteiger partial charge in [0.05, 0.1) is 11.6 Å². The Bertz CT molecular complexity index is 676. The number of aliphatic carboxylic acids is 1. The van der Waals surface area contributed by atoms with Crippen molar-refractivity contribution in [1.82, 2.24) is 0 Å². The van der Waals surface area contributed by atoms with Gasteiger partial charge < -0.3 is 10.2 Å². The van der Waals surface area contributed by atoms with Gasteiger partial charge in [-0.2, -0.15) is 5.26 Å². The van der Waals surface area contributed by atoms with Crippen LogP contribution in [-0.4, -0.2) is 16.2 Å². The predicted molar refractivity (Wildman–Crippen MR) is 85.2 cm³/mol.